The van der Waals surface area contributed by atoms with Crippen LogP contribution in [0.15, 0.2) is 58.1 Å². The van der Waals surface area contributed by atoms with Gasteiger partial charge in [-0.1, -0.05) is 11.6 Å². The molecular weight excluding hydrogens is 318 g/mol. The van der Waals surface area contributed by atoms with Crippen LogP contribution in [0.5, 0.6) is 0 Å². The lowest BCUT2D eigenvalue weighted by Crippen LogP contribution is -2.29. The Morgan fingerprint density at radius 2 is 2.04 bits per heavy atom. The van der Waals surface area contributed by atoms with Crippen LogP contribution in [0.3, 0.4) is 0 Å². The monoisotopic (exact) mass is 329 g/mol. The maximum absolute atomic E-state index is 12.1. The molecule has 2 N–H and O–H groups in total. The Kier molecular flexibility index (Phi) is 4.25. The van der Waals surface area contributed by atoms with Gasteiger partial charge in [0, 0.05) is 16.8 Å². The third-order valence-electron chi connectivity index (χ3n) is 3.16. The fraction of sp³-hybridized carbons (Fsp3) is 0.0625. The fourth-order valence-electron chi connectivity index (χ4n) is 1.99. The lowest BCUT2D eigenvalue weighted by atomic mass is 10.2. The Hall–Kier alpha value is -2.86. The predicted octanol–water partition coefficient (Wildman–Crippen LogP) is 2.61. The van der Waals surface area contributed by atoms with Crippen LogP contribution in [0, 0.1) is 0 Å². The number of carbonyl (C=O) groups excluding carboxylic acids is 1. The van der Waals surface area contributed by atoms with Gasteiger partial charge in [0.25, 0.3) is 11.5 Å². The van der Waals surface area contributed by atoms with Gasteiger partial charge in [-0.2, -0.15) is 0 Å². The molecule has 0 fully saturated rings. The normalized spacial score (nSPS) is 10.5. The number of amides is 1. The highest BCUT2D eigenvalue weighted by molar-refractivity contribution is 6.30. The number of hydrogen-bond donors (Lipinski definition) is 2. The van der Waals surface area contributed by atoms with Crippen LogP contribution in [0.25, 0.3) is 11.4 Å². The molecule has 3 aromatic rings. The summed E-state index contributed by atoms with van der Waals surface area (Å²) in [6.07, 6.45) is 2.76. The first-order valence-electron chi connectivity index (χ1n) is 6.79. The van der Waals surface area contributed by atoms with E-state index in [1.54, 1.807) is 36.4 Å². The first-order valence-corrected chi connectivity index (χ1v) is 7.17. The fourth-order valence-corrected chi connectivity index (χ4v) is 2.11. The quantitative estimate of drug-likeness (QED) is 0.770. The first-order chi connectivity index (χ1) is 11.1. The van der Waals surface area contributed by atoms with E-state index in [1.807, 2.05) is 0 Å². The standard InChI is InChI=1S/C16H12ClN3O3/c17-11-5-3-10(4-6-11)14-18-9-13(16(22)20-14)15(21)19-8-12-2-1-7-23-12/h1-7,9H,8H2,(H,19,21)(H,18,20,22). The zero-order chi connectivity index (χ0) is 16.2. The highest BCUT2D eigenvalue weighted by Gasteiger charge is 2.12. The maximum Gasteiger partial charge on any atom is 0.264 e. The molecule has 0 atom stereocenters. The van der Waals surface area contributed by atoms with Crippen LogP contribution in [0.1, 0.15) is 16.1 Å². The minimum atomic E-state index is -0.516. The molecule has 23 heavy (non-hydrogen) atoms. The molecule has 0 radical (unpaired) electrons. The minimum absolute atomic E-state index is 0.0609. The number of carbonyl (C=O) groups is 1. The Morgan fingerprint density at radius 1 is 1.26 bits per heavy atom. The number of rotatable bonds is 4. The van der Waals surface area contributed by atoms with Gasteiger partial charge in [-0.3, -0.25) is 9.59 Å². The van der Waals surface area contributed by atoms with Crippen LogP contribution >= 0.6 is 11.6 Å². The Balaban J connectivity index is 1.77. The zero-order valence-electron chi connectivity index (χ0n) is 11.9. The zero-order valence-corrected chi connectivity index (χ0v) is 12.6. The molecule has 2 heterocycles. The lowest BCUT2D eigenvalue weighted by molar-refractivity contribution is 0.0946. The van der Waals surface area contributed by atoms with Crippen molar-refractivity contribution in [3.8, 4) is 11.4 Å². The molecule has 3 rings (SSSR count). The number of H-pyrrole nitrogens is 1. The number of nitrogens with one attached hydrogen (secondary N) is 2. The van der Waals surface area contributed by atoms with E-state index in [4.69, 9.17) is 16.0 Å². The molecule has 0 saturated carbocycles. The number of furan rings is 1. The minimum Gasteiger partial charge on any atom is -0.467 e. The molecule has 1 amide bonds. The van der Waals surface area contributed by atoms with E-state index >= 15 is 0 Å². The van der Waals surface area contributed by atoms with E-state index in [0.717, 1.165) is 0 Å². The van der Waals surface area contributed by atoms with Gasteiger partial charge in [0.05, 0.1) is 12.8 Å². The summed E-state index contributed by atoms with van der Waals surface area (Å²) in [5.41, 5.74) is 0.130. The second-order valence-corrected chi connectivity index (χ2v) is 5.18. The van der Waals surface area contributed by atoms with Crippen LogP contribution in [-0.2, 0) is 6.54 Å². The maximum atomic E-state index is 12.1. The second-order valence-electron chi connectivity index (χ2n) is 4.74. The molecule has 0 unspecified atom stereocenters. The van der Waals surface area contributed by atoms with E-state index in [1.165, 1.54) is 12.5 Å². The van der Waals surface area contributed by atoms with Gasteiger partial charge in [-0.25, -0.2) is 4.98 Å². The van der Waals surface area contributed by atoms with Crippen molar-refractivity contribution >= 4 is 17.5 Å². The molecule has 7 heteroatoms. The summed E-state index contributed by atoms with van der Waals surface area (Å²) in [5.74, 6) is 0.451. The van der Waals surface area contributed by atoms with Gasteiger partial charge in [-0.15, -0.1) is 0 Å². The summed E-state index contributed by atoms with van der Waals surface area (Å²) in [6, 6.07) is 10.3. The second kappa shape index (κ2) is 6.50. The molecular formula is C16H12ClN3O3. The van der Waals surface area contributed by atoms with E-state index in [0.29, 0.717) is 22.2 Å². The summed E-state index contributed by atoms with van der Waals surface area (Å²) < 4.78 is 5.11. The van der Waals surface area contributed by atoms with Crippen LogP contribution in [0.2, 0.25) is 5.02 Å². The van der Waals surface area contributed by atoms with Crippen LogP contribution in [0.4, 0.5) is 0 Å². The average molecular weight is 330 g/mol. The Labute approximate surface area is 136 Å². The summed E-state index contributed by atoms with van der Waals surface area (Å²) in [6.45, 7) is 0.199. The molecule has 6 nitrogen and oxygen atoms in total. The van der Waals surface area contributed by atoms with Gasteiger partial charge < -0.3 is 14.7 Å². The third kappa shape index (κ3) is 3.49. The van der Waals surface area contributed by atoms with Crippen molar-refractivity contribution < 1.29 is 9.21 Å². The number of hydrogen-bond acceptors (Lipinski definition) is 4. The molecule has 116 valence electrons. The van der Waals surface area contributed by atoms with Crippen molar-refractivity contribution in [1.82, 2.24) is 15.3 Å². The molecule has 0 bridgehead atoms. The average Bonchev–Trinajstić information content (AvgIpc) is 3.06. The molecule has 2 aromatic heterocycles. The van der Waals surface area contributed by atoms with Crippen molar-refractivity contribution in [2.45, 2.75) is 6.54 Å². The number of aromatic amines is 1. The highest BCUT2D eigenvalue weighted by atomic mass is 35.5. The number of halogens is 1. The summed E-state index contributed by atoms with van der Waals surface area (Å²) in [7, 11) is 0. The van der Waals surface area contributed by atoms with Crippen molar-refractivity contribution in [2.75, 3.05) is 0 Å². The highest BCUT2D eigenvalue weighted by Crippen LogP contribution is 2.16. The third-order valence-corrected chi connectivity index (χ3v) is 3.42. The van der Waals surface area contributed by atoms with Crippen LogP contribution < -0.4 is 10.9 Å². The van der Waals surface area contributed by atoms with Gasteiger partial charge in [-0.05, 0) is 36.4 Å². The van der Waals surface area contributed by atoms with Crippen LogP contribution in [-0.4, -0.2) is 15.9 Å². The van der Waals surface area contributed by atoms with Crippen molar-refractivity contribution in [3.05, 3.63) is 75.6 Å². The summed E-state index contributed by atoms with van der Waals surface area (Å²) in [4.78, 5) is 30.8. The summed E-state index contributed by atoms with van der Waals surface area (Å²) in [5, 5.41) is 3.19. The number of aromatic nitrogens is 2. The van der Waals surface area contributed by atoms with Crippen molar-refractivity contribution in [3.63, 3.8) is 0 Å². The molecule has 0 aliphatic heterocycles. The summed E-state index contributed by atoms with van der Waals surface area (Å²) >= 11 is 5.82. The van der Waals surface area contributed by atoms with Crippen molar-refractivity contribution in [1.29, 1.82) is 0 Å². The molecule has 0 aliphatic rings. The predicted molar refractivity (Wildman–Crippen MR) is 85.2 cm³/mol. The number of benzene rings is 1. The molecule has 1 aromatic carbocycles. The molecule has 0 spiro atoms. The van der Waals surface area contributed by atoms with Gasteiger partial charge >= 0.3 is 0 Å². The lowest BCUT2D eigenvalue weighted by Gasteiger charge is -2.04. The van der Waals surface area contributed by atoms with E-state index in [2.05, 4.69) is 15.3 Å². The smallest absolute Gasteiger partial charge is 0.264 e. The SMILES string of the molecule is O=C(NCc1ccco1)c1cnc(-c2ccc(Cl)cc2)[nH]c1=O. The van der Waals surface area contributed by atoms with Gasteiger partial charge in [0.1, 0.15) is 17.1 Å². The Morgan fingerprint density at radius 3 is 2.70 bits per heavy atom. The van der Waals surface area contributed by atoms with Gasteiger partial charge in [0.2, 0.25) is 0 Å². The van der Waals surface area contributed by atoms with Gasteiger partial charge in [0.15, 0.2) is 0 Å². The topological polar surface area (TPSA) is 88.0 Å². The molecule has 0 aliphatic carbocycles. The molecule has 0 saturated heterocycles. The largest absolute Gasteiger partial charge is 0.467 e. The van der Waals surface area contributed by atoms with E-state index < -0.39 is 11.5 Å². The number of nitrogens with zero attached hydrogens (tertiary/aromatic N) is 1. The van der Waals surface area contributed by atoms with Crippen molar-refractivity contribution in [2.24, 2.45) is 0 Å². The Bertz CT molecular complexity index is 870. The first kappa shape index (κ1) is 15.1. The van der Waals surface area contributed by atoms with E-state index in [-0.39, 0.29) is 12.1 Å². The van der Waals surface area contributed by atoms with E-state index in [9.17, 15) is 9.59 Å².